The third-order valence-corrected chi connectivity index (χ3v) is 5.05. The van der Waals surface area contributed by atoms with Crippen molar-refractivity contribution in [1.29, 1.82) is 10.5 Å². The molecule has 0 aliphatic carbocycles. The fraction of sp³-hybridized carbons (Fsp3) is 0.238. The van der Waals surface area contributed by atoms with Crippen LogP contribution in [0.5, 0.6) is 0 Å². The van der Waals surface area contributed by atoms with Gasteiger partial charge in [0.05, 0.1) is 34.7 Å². The van der Waals surface area contributed by atoms with Gasteiger partial charge in [-0.05, 0) is 55.3 Å². The van der Waals surface area contributed by atoms with Crippen LogP contribution in [0.1, 0.15) is 24.0 Å². The normalized spacial score (nSPS) is 16.3. The minimum absolute atomic E-state index is 0.0461. The van der Waals surface area contributed by atoms with Crippen molar-refractivity contribution < 1.29 is 4.79 Å². The number of hydrogen-bond acceptors (Lipinski definition) is 5. The molecule has 7 heteroatoms. The quantitative estimate of drug-likeness (QED) is 0.655. The van der Waals surface area contributed by atoms with Crippen molar-refractivity contribution in [3.8, 4) is 23.3 Å². The summed E-state index contributed by atoms with van der Waals surface area (Å²) in [6, 6.07) is 14.8. The average molecular weight is 370 g/mol. The first-order valence-corrected chi connectivity index (χ1v) is 9.14. The number of rotatable bonds is 3. The number of anilines is 1. The number of nitriles is 2. The zero-order valence-electron chi connectivity index (χ0n) is 15.1. The van der Waals surface area contributed by atoms with Crippen molar-refractivity contribution in [1.82, 2.24) is 15.5 Å². The highest BCUT2D eigenvalue weighted by atomic mass is 16.2. The zero-order valence-corrected chi connectivity index (χ0v) is 15.1. The summed E-state index contributed by atoms with van der Waals surface area (Å²) in [5.41, 5.74) is 3.23. The van der Waals surface area contributed by atoms with E-state index >= 15 is 0 Å². The van der Waals surface area contributed by atoms with E-state index < -0.39 is 0 Å². The van der Waals surface area contributed by atoms with Gasteiger partial charge in [0.1, 0.15) is 0 Å². The molecule has 1 fully saturated rings. The standard InChI is InChI=1S/C21H18N6O/c22-10-13-3-4-15(11-23)17(8-13)14-5-6-19-18(9-14)20(27-26-19)25-21(28)16-2-1-7-24-12-16/h3-6,8-9,16,24H,1-2,7,12H2,(H2,25,26,27,28)/t16-/m1/s1. The van der Waals surface area contributed by atoms with Gasteiger partial charge in [-0.2, -0.15) is 15.6 Å². The van der Waals surface area contributed by atoms with Gasteiger partial charge in [-0.3, -0.25) is 9.89 Å². The van der Waals surface area contributed by atoms with E-state index in [0.29, 0.717) is 29.1 Å². The lowest BCUT2D eigenvalue weighted by Gasteiger charge is -2.21. The van der Waals surface area contributed by atoms with Gasteiger partial charge in [0, 0.05) is 17.5 Å². The van der Waals surface area contributed by atoms with Crippen LogP contribution in [0.25, 0.3) is 22.0 Å². The Morgan fingerprint density at radius 1 is 1.18 bits per heavy atom. The summed E-state index contributed by atoms with van der Waals surface area (Å²) in [4.78, 5) is 12.6. The second-order valence-electron chi connectivity index (χ2n) is 6.85. The van der Waals surface area contributed by atoms with Gasteiger partial charge in [-0.1, -0.05) is 6.07 Å². The fourth-order valence-electron chi connectivity index (χ4n) is 3.52. The Morgan fingerprint density at radius 2 is 2.07 bits per heavy atom. The predicted molar refractivity (Wildman–Crippen MR) is 105 cm³/mol. The highest BCUT2D eigenvalue weighted by Gasteiger charge is 2.22. The summed E-state index contributed by atoms with van der Waals surface area (Å²) >= 11 is 0. The molecular weight excluding hydrogens is 352 g/mol. The molecule has 2 heterocycles. The monoisotopic (exact) mass is 370 g/mol. The molecule has 1 saturated heterocycles. The Hall–Kier alpha value is -3.68. The summed E-state index contributed by atoms with van der Waals surface area (Å²) in [5, 5.41) is 32.7. The van der Waals surface area contributed by atoms with Gasteiger partial charge in [0.15, 0.2) is 5.82 Å². The first-order valence-electron chi connectivity index (χ1n) is 9.14. The van der Waals surface area contributed by atoms with Crippen LogP contribution in [-0.4, -0.2) is 29.2 Å². The summed E-state index contributed by atoms with van der Waals surface area (Å²) < 4.78 is 0. The van der Waals surface area contributed by atoms with Gasteiger partial charge in [-0.15, -0.1) is 0 Å². The van der Waals surface area contributed by atoms with Gasteiger partial charge >= 0.3 is 0 Å². The maximum atomic E-state index is 12.6. The molecular formula is C21H18N6O. The second kappa shape index (κ2) is 7.51. The minimum atomic E-state index is -0.0683. The van der Waals surface area contributed by atoms with Crippen LogP contribution in [-0.2, 0) is 4.79 Å². The lowest BCUT2D eigenvalue weighted by Crippen LogP contribution is -2.37. The third-order valence-electron chi connectivity index (χ3n) is 5.05. The number of carbonyl (C=O) groups is 1. The van der Waals surface area contributed by atoms with Crippen molar-refractivity contribution in [2.45, 2.75) is 12.8 Å². The Morgan fingerprint density at radius 3 is 2.82 bits per heavy atom. The SMILES string of the molecule is N#Cc1ccc(C#N)c(-c2ccc3[nH]nc(NC(=O)[C@@H]4CCCNC4)c3c2)c1. The number of amides is 1. The molecule has 1 atom stereocenters. The number of benzene rings is 2. The zero-order chi connectivity index (χ0) is 19.5. The van der Waals surface area contributed by atoms with Gasteiger partial charge in [0.25, 0.3) is 0 Å². The molecule has 1 aliphatic rings. The molecule has 3 N–H and O–H groups in total. The molecule has 1 amide bonds. The number of nitrogens with one attached hydrogen (secondary N) is 3. The highest BCUT2D eigenvalue weighted by Crippen LogP contribution is 2.30. The van der Waals surface area contributed by atoms with Crippen LogP contribution in [0, 0.1) is 28.6 Å². The summed E-state index contributed by atoms with van der Waals surface area (Å²) in [6.07, 6.45) is 1.84. The molecule has 0 bridgehead atoms. The van der Waals surface area contributed by atoms with Crippen LogP contribution in [0.3, 0.4) is 0 Å². The summed E-state index contributed by atoms with van der Waals surface area (Å²) in [5.74, 6) is 0.360. The number of aromatic nitrogens is 2. The molecule has 7 nitrogen and oxygen atoms in total. The average Bonchev–Trinajstić information content (AvgIpc) is 3.15. The first-order chi connectivity index (χ1) is 13.7. The first kappa shape index (κ1) is 17.7. The van der Waals surface area contributed by atoms with E-state index in [1.54, 1.807) is 18.2 Å². The van der Waals surface area contributed by atoms with Crippen molar-refractivity contribution in [2.24, 2.45) is 5.92 Å². The van der Waals surface area contributed by atoms with E-state index in [1.165, 1.54) is 0 Å². The van der Waals surface area contributed by atoms with Crippen LogP contribution >= 0.6 is 0 Å². The van der Waals surface area contributed by atoms with E-state index in [0.717, 1.165) is 35.9 Å². The van der Waals surface area contributed by atoms with E-state index in [2.05, 4.69) is 33.0 Å². The smallest absolute Gasteiger partial charge is 0.229 e. The number of fused-ring (bicyclic) bond motifs is 1. The van der Waals surface area contributed by atoms with Crippen molar-refractivity contribution in [2.75, 3.05) is 18.4 Å². The minimum Gasteiger partial charge on any atom is -0.316 e. The van der Waals surface area contributed by atoms with Crippen molar-refractivity contribution in [3.05, 3.63) is 47.5 Å². The van der Waals surface area contributed by atoms with E-state index in [4.69, 9.17) is 0 Å². The van der Waals surface area contributed by atoms with Crippen LogP contribution in [0.15, 0.2) is 36.4 Å². The van der Waals surface area contributed by atoms with E-state index in [9.17, 15) is 15.3 Å². The van der Waals surface area contributed by atoms with E-state index in [-0.39, 0.29) is 11.8 Å². The van der Waals surface area contributed by atoms with Crippen LogP contribution in [0.2, 0.25) is 0 Å². The number of hydrogen-bond donors (Lipinski definition) is 3. The Bertz CT molecular complexity index is 1130. The molecule has 0 radical (unpaired) electrons. The van der Waals surface area contributed by atoms with Crippen molar-refractivity contribution >= 4 is 22.6 Å². The molecule has 3 aromatic rings. The summed E-state index contributed by atoms with van der Waals surface area (Å²) in [7, 11) is 0. The number of piperidine rings is 1. The predicted octanol–water partition coefficient (Wildman–Crippen LogP) is 2.91. The Balaban J connectivity index is 1.70. The molecule has 28 heavy (non-hydrogen) atoms. The topological polar surface area (TPSA) is 117 Å². The van der Waals surface area contributed by atoms with Crippen LogP contribution in [0.4, 0.5) is 5.82 Å². The third kappa shape index (κ3) is 3.32. The second-order valence-corrected chi connectivity index (χ2v) is 6.85. The largest absolute Gasteiger partial charge is 0.316 e. The van der Waals surface area contributed by atoms with Gasteiger partial charge < -0.3 is 10.6 Å². The maximum Gasteiger partial charge on any atom is 0.229 e. The Kier molecular flexibility index (Phi) is 4.76. The molecule has 2 aromatic carbocycles. The summed E-state index contributed by atoms with van der Waals surface area (Å²) in [6.45, 7) is 1.62. The molecule has 0 saturated carbocycles. The van der Waals surface area contributed by atoms with Crippen molar-refractivity contribution in [3.63, 3.8) is 0 Å². The molecule has 138 valence electrons. The lowest BCUT2D eigenvalue weighted by atomic mass is 9.97. The molecule has 1 aliphatic heterocycles. The number of H-pyrrole nitrogens is 1. The maximum absolute atomic E-state index is 12.6. The molecule has 0 unspecified atom stereocenters. The molecule has 4 rings (SSSR count). The van der Waals surface area contributed by atoms with Crippen LogP contribution < -0.4 is 10.6 Å². The number of aromatic amines is 1. The number of carbonyl (C=O) groups excluding carboxylic acids is 1. The number of nitrogens with zero attached hydrogens (tertiary/aromatic N) is 3. The Labute approximate surface area is 162 Å². The lowest BCUT2D eigenvalue weighted by molar-refractivity contribution is -0.120. The fourth-order valence-corrected chi connectivity index (χ4v) is 3.52. The molecule has 1 aromatic heterocycles. The molecule has 0 spiro atoms. The van der Waals surface area contributed by atoms with Gasteiger partial charge in [0.2, 0.25) is 5.91 Å². The van der Waals surface area contributed by atoms with E-state index in [1.807, 2.05) is 18.2 Å². The van der Waals surface area contributed by atoms with Gasteiger partial charge in [-0.25, -0.2) is 0 Å². The highest BCUT2D eigenvalue weighted by molar-refractivity contribution is 6.02.